The average molecular weight is 204 g/mol. The van der Waals surface area contributed by atoms with E-state index in [1.54, 1.807) is 6.92 Å². The van der Waals surface area contributed by atoms with Crippen LogP contribution in [0.25, 0.3) is 0 Å². The summed E-state index contributed by atoms with van der Waals surface area (Å²) in [7, 11) is 0. The van der Waals surface area contributed by atoms with Gasteiger partial charge < -0.3 is 0 Å². The molecule has 0 aromatic heterocycles. The van der Waals surface area contributed by atoms with Gasteiger partial charge >= 0.3 is 0 Å². The summed E-state index contributed by atoms with van der Waals surface area (Å²) in [4.78, 5) is 11.5. The van der Waals surface area contributed by atoms with E-state index >= 15 is 0 Å². The molecule has 0 fully saturated rings. The molecule has 0 N–H and O–H groups in total. The third-order valence-electron chi connectivity index (χ3n) is 3.16. The van der Waals surface area contributed by atoms with Gasteiger partial charge in [-0.2, -0.15) is 0 Å². The van der Waals surface area contributed by atoms with Gasteiger partial charge in [-0.1, -0.05) is 38.1 Å². The Morgan fingerprint density at radius 2 is 1.87 bits per heavy atom. The Hall–Kier alpha value is -1.11. The topological polar surface area (TPSA) is 17.1 Å². The number of hydrogen-bond acceptors (Lipinski definition) is 1. The molecule has 1 heteroatoms. The van der Waals surface area contributed by atoms with Crippen molar-refractivity contribution in [1.82, 2.24) is 0 Å². The molecule has 1 aromatic carbocycles. The Bertz CT molecular complexity index is 361. The van der Waals surface area contributed by atoms with Gasteiger partial charge in [0.1, 0.15) is 5.78 Å². The minimum atomic E-state index is -0.370. The normalized spacial score (nSPS) is 11.9. The molecule has 0 saturated heterocycles. The van der Waals surface area contributed by atoms with Crippen molar-refractivity contribution < 1.29 is 4.79 Å². The molecule has 0 saturated carbocycles. The van der Waals surface area contributed by atoms with Crippen molar-refractivity contribution in [1.29, 1.82) is 0 Å². The molecule has 0 amide bonds. The van der Waals surface area contributed by atoms with Gasteiger partial charge in [-0.25, -0.2) is 0 Å². The third-order valence-corrected chi connectivity index (χ3v) is 3.16. The van der Waals surface area contributed by atoms with Crippen LogP contribution in [0.1, 0.15) is 51.7 Å². The number of Topliss-reactive ketones (excluding diaryl/α,β-unsaturated/α-hetero) is 1. The van der Waals surface area contributed by atoms with E-state index in [2.05, 4.69) is 26.0 Å². The summed E-state index contributed by atoms with van der Waals surface area (Å²) in [6, 6.07) is 8.33. The number of carbonyl (C=O) groups is 1. The molecule has 0 radical (unpaired) electrons. The first-order chi connectivity index (χ1) is 6.85. The lowest BCUT2D eigenvalue weighted by Crippen LogP contribution is -2.26. The zero-order chi connectivity index (χ0) is 11.6. The van der Waals surface area contributed by atoms with Crippen LogP contribution in [0.3, 0.4) is 0 Å². The fourth-order valence-corrected chi connectivity index (χ4v) is 1.49. The number of hydrogen-bond donors (Lipinski definition) is 0. The quantitative estimate of drug-likeness (QED) is 0.734. The van der Waals surface area contributed by atoms with E-state index in [1.807, 2.05) is 26.0 Å². The first-order valence-electron chi connectivity index (χ1n) is 5.47. The van der Waals surface area contributed by atoms with E-state index in [1.165, 1.54) is 5.56 Å². The summed E-state index contributed by atoms with van der Waals surface area (Å²) < 4.78 is 0. The number of rotatable bonds is 3. The van der Waals surface area contributed by atoms with E-state index in [9.17, 15) is 4.79 Å². The van der Waals surface area contributed by atoms with Gasteiger partial charge in [0.15, 0.2) is 0 Å². The maximum Gasteiger partial charge on any atom is 0.139 e. The van der Waals surface area contributed by atoms with Crippen molar-refractivity contribution in [2.75, 3.05) is 0 Å². The molecule has 15 heavy (non-hydrogen) atoms. The molecule has 82 valence electrons. The zero-order valence-corrected chi connectivity index (χ0v) is 10.3. The first kappa shape index (κ1) is 12.0. The van der Waals surface area contributed by atoms with Gasteiger partial charge in [-0.15, -0.1) is 0 Å². The van der Waals surface area contributed by atoms with Gasteiger partial charge in [0, 0.05) is 5.41 Å². The van der Waals surface area contributed by atoms with E-state index in [0.717, 1.165) is 5.56 Å². The van der Waals surface area contributed by atoms with Crippen LogP contribution in [0, 0.1) is 0 Å². The van der Waals surface area contributed by atoms with Gasteiger partial charge in [0.2, 0.25) is 0 Å². The second-order valence-corrected chi connectivity index (χ2v) is 4.96. The highest BCUT2D eigenvalue weighted by Crippen LogP contribution is 2.26. The standard InChI is InChI=1S/C14H20O/c1-10(2)12-7-6-8-13(9-12)14(4,5)11(3)15/h6-10H,1-5H3. The fraction of sp³-hybridized carbons (Fsp3) is 0.500. The maximum atomic E-state index is 11.5. The first-order valence-corrected chi connectivity index (χ1v) is 5.47. The minimum absolute atomic E-state index is 0.211. The van der Waals surface area contributed by atoms with Crippen LogP contribution in [0.2, 0.25) is 0 Å². The largest absolute Gasteiger partial charge is 0.299 e. The second kappa shape index (κ2) is 4.18. The van der Waals surface area contributed by atoms with E-state index in [-0.39, 0.29) is 11.2 Å². The van der Waals surface area contributed by atoms with E-state index in [0.29, 0.717) is 5.92 Å². The molecule has 0 atom stereocenters. The molecule has 0 heterocycles. The maximum absolute atomic E-state index is 11.5. The van der Waals surface area contributed by atoms with Crippen LogP contribution < -0.4 is 0 Å². The van der Waals surface area contributed by atoms with Gasteiger partial charge in [0.05, 0.1) is 0 Å². The lowest BCUT2D eigenvalue weighted by Gasteiger charge is -2.22. The molecular formula is C14H20O. The minimum Gasteiger partial charge on any atom is -0.299 e. The summed E-state index contributed by atoms with van der Waals surface area (Å²) in [5.41, 5.74) is 2.04. The molecule has 0 aliphatic rings. The predicted molar refractivity (Wildman–Crippen MR) is 64.2 cm³/mol. The smallest absolute Gasteiger partial charge is 0.139 e. The van der Waals surface area contributed by atoms with Crippen LogP contribution in [-0.4, -0.2) is 5.78 Å². The molecule has 1 rings (SSSR count). The van der Waals surface area contributed by atoms with Crippen molar-refractivity contribution in [3.8, 4) is 0 Å². The molecular weight excluding hydrogens is 184 g/mol. The highest BCUT2D eigenvalue weighted by molar-refractivity contribution is 5.87. The zero-order valence-electron chi connectivity index (χ0n) is 10.3. The third kappa shape index (κ3) is 2.47. The fourth-order valence-electron chi connectivity index (χ4n) is 1.49. The van der Waals surface area contributed by atoms with Gasteiger partial charge in [-0.05, 0) is 37.8 Å². The lowest BCUT2D eigenvalue weighted by atomic mass is 9.80. The Morgan fingerprint density at radius 1 is 1.27 bits per heavy atom. The van der Waals surface area contributed by atoms with Crippen molar-refractivity contribution in [2.24, 2.45) is 0 Å². The Morgan fingerprint density at radius 3 is 2.33 bits per heavy atom. The molecule has 0 bridgehead atoms. The molecule has 0 aliphatic heterocycles. The summed E-state index contributed by atoms with van der Waals surface area (Å²) in [5, 5.41) is 0. The second-order valence-electron chi connectivity index (χ2n) is 4.96. The van der Waals surface area contributed by atoms with Crippen molar-refractivity contribution >= 4 is 5.78 Å². The summed E-state index contributed by atoms with van der Waals surface area (Å²) in [6.45, 7) is 9.95. The number of carbonyl (C=O) groups excluding carboxylic acids is 1. The van der Waals surface area contributed by atoms with Crippen LogP contribution >= 0.6 is 0 Å². The summed E-state index contributed by atoms with van der Waals surface area (Å²) in [6.07, 6.45) is 0. The van der Waals surface area contributed by atoms with Crippen LogP contribution in [0.5, 0.6) is 0 Å². The van der Waals surface area contributed by atoms with Crippen molar-refractivity contribution in [3.05, 3.63) is 35.4 Å². The molecule has 0 unspecified atom stereocenters. The number of benzene rings is 1. The highest BCUT2D eigenvalue weighted by atomic mass is 16.1. The monoisotopic (exact) mass is 204 g/mol. The molecule has 1 aromatic rings. The lowest BCUT2D eigenvalue weighted by molar-refractivity contribution is -0.121. The van der Waals surface area contributed by atoms with Gasteiger partial charge in [-0.3, -0.25) is 4.79 Å². The van der Waals surface area contributed by atoms with Crippen LogP contribution in [0.15, 0.2) is 24.3 Å². The van der Waals surface area contributed by atoms with E-state index in [4.69, 9.17) is 0 Å². The summed E-state index contributed by atoms with van der Waals surface area (Å²) >= 11 is 0. The molecule has 0 spiro atoms. The Balaban J connectivity index is 3.16. The SMILES string of the molecule is CC(=O)C(C)(C)c1cccc(C(C)C)c1. The van der Waals surface area contributed by atoms with Crippen LogP contribution in [0.4, 0.5) is 0 Å². The highest BCUT2D eigenvalue weighted by Gasteiger charge is 2.26. The summed E-state index contributed by atoms with van der Waals surface area (Å²) in [5.74, 6) is 0.719. The van der Waals surface area contributed by atoms with Crippen molar-refractivity contribution in [2.45, 2.75) is 46.0 Å². The average Bonchev–Trinajstić information content (AvgIpc) is 2.17. The van der Waals surface area contributed by atoms with Crippen molar-refractivity contribution in [3.63, 3.8) is 0 Å². The number of ketones is 1. The Labute approximate surface area is 92.5 Å². The Kier molecular flexibility index (Phi) is 3.33. The molecule has 1 nitrogen and oxygen atoms in total. The van der Waals surface area contributed by atoms with E-state index < -0.39 is 0 Å². The van der Waals surface area contributed by atoms with Crippen LogP contribution in [-0.2, 0) is 10.2 Å². The van der Waals surface area contributed by atoms with Gasteiger partial charge in [0.25, 0.3) is 0 Å². The predicted octanol–water partition coefficient (Wildman–Crippen LogP) is 3.68. The molecule has 0 aliphatic carbocycles.